The molecule has 10 rings (SSSR count). The van der Waals surface area contributed by atoms with E-state index < -0.39 is 0 Å². The predicted octanol–water partition coefficient (Wildman–Crippen LogP) is 15.0. The van der Waals surface area contributed by atoms with Crippen LogP contribution in [0.5, 0.6) is 0 Å². The minimum absolute atomic E-state index is 1.12. The number of aryl methyl sites for hydroxylation is 2. The van der Waals surface area contributed by atoms with Crippen LogP contribution in [0.25, 0.3) is 71.6 Å². The summed E-state index contributed by atoms with van der Waals surface area (Å²) in [4.78, 5) is 2.32. The van der Waals surface area contributed by atoms with Gasteiger partial charge in [0.05, 0.1) is 16.7 Å². The van der Waals surface area contributed by atoms with Crippen LogP contribution in [0.1, 0.15) is 11.1 Å². The summed E-state index contributed by atoms with van der Waals surface area (Å²) in [5.41, 5.74) is 16.8. The molecule has 0 unspecified atom stereocenters. The van der Waals surface area contributed by atoms with Gasteiger partial charge in [0.1, 0.15) is 0 Å². The van der Waals surface area contributed by atoms with Gasteiger partial charge in [-0.25, -0.2) is 0 Å². The Labute approximate surface area is 328 Å². The first-order valence-corrected chi connectivity index (χ1v) is 19.4. The summed E-state index contributed by atoms with van der Waals surface area (Å²) < 4.78 is 2.47. The van der Waals surface area contributed by atoms with Gasteiger partial charge in [-0.05, 0) is 124 Å². The predicted molar refractivity (Wildman–Crippen MR) is 239 cm³/mol. The van der Waals surface area contributed by atoms with E-state index in [1.54, 1.807) is 0 Å². The van der Waals surface area contributed by atoms with E-state index in [0.29, 0.717) is 0 Å². The number of benzene rings is 9. The largest absolute Gasteiger partial charge is 0.310 e. The first-order valence-electron chi connectivity index (χ1n) is 19.4. The Morgan fingerprint density at radius 2 is 0.857 bits per heavy atom. The smallest absolute Gasteiger partial charge is 0.0547 e. The standard InChI is InChI=1S/C54H40N2/c1-37-17-11-18-38(2)54(37)56-50-33-10-9-29-49(50)53-48(32-16-34-51(53)56)47-31-15-20-39-19-14-30-46(52(39)47)42-23-12-21-40(35-42)41-22-13-28-45(36-41)55(43-24-5-3-6-25-43)44-26-7-4-8-27-44/h3-36H,1-2H3. The first kappa shape index (κ1) is 33.4. The van der Waals surface area contributed by atoms with E-state index in [1.165, 1.54) is 82.8 Å². The number of nitrogens with zero attached hydrogens (tertiary/aromatic N) is 2. The third-order valence-corrected chi connectivity index (χ3v) is 11.2. The van der Waals surface area contributed by atoms with Crippen molar-refractivity contribution in [1.29, 1.82) is 0 Å². The Bertz CT molecular complexity index is 2980. The highest BCUT2D eigenvalue weighted by Crippen LogP contribution is 2.44. The highest BCUT2D eigenvalue weighted by Gasteiger charge is 2.20. The Morgan fingerprint density at radius 1 is 0.357 bits per heavy atom. The number of para-hydroxylation sites is 4. The van der Waals surface area contributed by atoms with Gasteiger partial charge in [0.2, 0.25) is 0 Å². The maximum atomic E-state index is 2.47. The molecule has 2 heteroatoms. The van der Waals surface area contributed by atoms with Crippen LogP contribution in [-0.4, -0.2) is 4.57 Å². The molecule has 56 heavy (non-hydrogen) atoms. The van der Waals surface area contributed by atoms with Crippen molar-refractivity contribution in [2.75, 3.05) is 4.90 Å². The number of hydrogen-bond donors (Lipinski definition) is 0. The molecule has 0 atom stereocenters. The first-order chi connectivity index (χ1) is 27.6. The summed E-state index contributed by atoms with van der Waals surface area (Å²) in [6, 6.07) is 74.9. The van der Waals surface area contributed by atoms with Crippen LogP contribution in [0, 0.1) is 13.8 Å². The zero-order valence-electron chi connectivity index (χ0n) is 31.5. The van der Waals surface area contributed by atoms with Crippen molar-refractivity contribution in [3.63, 3.8) is 0 Å². The molecular weight excluding hydrogens is 677 g/mol. The molecule has 1 aromatic heterocycles. The highest BCUT2D eigenvalue weighted by molar-refractivity contribution is 6.19. The SMILES string of the molecule is Cc1cccc(C)c1-n1c2ccccc2c2c(-c3cccc4cccc(-c5cccc(-c6cccc(N(c7ccccc7)c7ccccc7)c6)c5)c34)cccc21. The van der Waals surface area contributed by atoms with Gasteiger partial charge in [-0.2, -0.15) is 0 Å². The van der Waals surface area contributed by atoms with Gasteiger partial charge >= 0.3 is 0 Å². The fourth-order valence-corrected chi connectivity index (χ4v) is 8.74. The summed E-state index contributed by atoms with van der Waals surface area (Å²) in [5.74, 6) is 0. The molecule has 0 spiro atoms. The van der Waals surface area contributed by atoms with E-state index in [4.69, 9.17) is 0 Å². The molecule has 0 bridgehead atoms. The van der Waals surface area contributed by atoms with Crippen molar-refractivity contribution in [1.82, 2.24) is 4.57 Å². The Kier molecular flexibility index (Phi) is 8.30. The lowest BCUT2D eigenvalue weighted by atomic mass is 9.89. The topological polar surface area (TPSA) is 8.17 Å². The molecule has 0 aliphatic heterocycles. The molecule has 266 valence electrons. The molecule has 0 aliphatic rings. The monoisotopic (exact) mass is 716 g/mol. The lowest BCUT2D eigenvalue weighted by molar-refractivity contribution is 1.12. The van der Waals surface area contributed by atoms with Crippen LogP contribution in [0.3, 0.4) is 0 Å². The van der Waals surface area contributed by atoms with Crippen LogP contribution in [0.4, 0.5) is 17.1 Å². The lowest BCUT2D eigenvalue weighted by Crippen LogP contribution is -2.09. The van der Waals surface area contributed by atoms with Gasteiger partial charge in [-0.3, -0.25) is 0 Å². The fraction of sp³-hybridized carbons (Fsp3) is 0.0370. The number of aromatic nitrogens is 1. The van der Waals surface area contributed by atoms with Gasteiger partial charge in [0.25, 0.3) is 0 Å². The Balaban J connectivity index is 1.14. The van der Waals surface area contributed by atoms with Crippen LogP contribution in [-0.2, 0) is 0 Å². The number of hydrogen-bond acceptors (Lipinski definition) is 1. The molecule has 0 saturated heterocycles. The highest BCUT2D eigenvalue weighted by atomic mass is 15.1. The van der Waals surface area contributed by atoms with Crippen molar-refractivity contribution >= 4 is 49.6 Å². The van der Waals surface area contributed by atoms with Gasteiger partial charge in [-0.15, -0.1) is 0 Å². The number of anilines is 3. The quantitative estimate of drug-likeness (QED) is 0.159. The number of fused-ring (bicyclic) bond motifs is 4. The second-order valence-corrected chi connectivity index (χ2v) is 14.6. The molecule has 10 aromatic rings. The van der Waals surface area contributed by atoms with Crippen LogP contribution >= 0.6 is 0 Å². The average molecular weight is 717 g/mol. The zero-order chi connectivity index (χ0) is 37.6. The van der Waals surface area contributed by atoms with E-state index in [0.717, 1.165) is 17.1 Å². The zero-order valence-corrected chi connectivity index (χ0v) is 31.5. The lowest BCUT2D eigenvalue weighted by Gasteiger charge is -2.26. The molecule has 1 heterocycles. The van der Waals surface area contributed by atoms with Crippen LogP contribution < -0.4 is 4.90 Å². The minimum Gasteiger partial charge on any atom is -0.310 e. The maximum absolute atomic E-state index is 2.47. The van der Waals surface area contributed by atoms with E-state index >= 15 is 0 Å². The fourth-order valence-electron chi connectivity index (χ4n) is 8.74. The van der Waals surface area contributed by atoms with E-state index in [1.807, 2.05) is 0 Å². The van der Waals surface area contributed by atoms with Crippen molar-refractivity contribution < 1.29 is 0 Å². The molecular formula is C54H40N2. The van der Waals surface area contributed by atoms with Crippen molar-refractivity contribution in [2.45, 2.75) is 13.8 Å². The molecule has 0 saturated carbocycles. The Hall–Kier alpha value is -7.16. The summed E-state index contributed by atoms with van der Waals surface area (Å²) in [7, 11) is 0. The molecule has 0 N–H and O–H groups in total. The van der Waals surface area contributed by atoms with Crippen molar-refractivity contribution in [3.05, 3.63) is 217 Å². The molecule has 0 radical (unpaired) electrons. The normalized spacial score (nSPS) is 11.4. The summed E-state index contributed by atoms with van der Waals surface area (Å²) in [6.45, 7) is 4.44. The third-order valence-electron chi connectivity index (χ3n) is 11.2. The van der Waals surface area contributed by atoms with E-state index in [2.05, 4.69) is 230 Å². The second-order valence-electron chi connectivity index (χ2n) is 14.6. The average Bonchev–Trinajstić information content (AvgIpc) is 3.58. The van der Waals surface area contributed by atoms with Crippen molar-refractivity contribution in [2.24, 2.45) is 0 Å². The summed E-state index contributed by atoms with van der Waals surface area (Å²) in [6.07, 6.45) is 0. The number of rotatable bonds is 7. The van der Waals surface area contributed by atoms with Crippen molar-refractivity contribution in [3.8, 4) is 39.1 Å². The second kappa shape index (κ2) is 13.9. The summed E-state index contributed by atoms with van der Waals surface area (Å²) >= 11 is 0. The van der Waals surface area contributed by atoms with Gasteiger partial charge < -0.3 is 9.47 Å². The van der Waals surface area contributed by atoms with Gasteiger partial charge in [0, 0.05) is 27.8 Å². The molecule has 2 nitrogen and oxygen atoms in total. The van der Waals surface area contributed by atoms with Gasteiger partial charge in [0.15, 0.2) is 0 Å². The Morgan fingerprint density at radius 3 is 1.57 bits per heavy atom. The maximum Gasteiger partial charge on any atom is 0.0547 e. The van der Waals surface area contributed by atoms with Crippen LogP contribution in [0.2, 0.25) is 0 Å². The van der Waals surface area contributed by atoms with E-state index in [9.17, 15) is 0 Å². The van der Waals surface area contributed by atoms with Gasteiger partial charge in [-0.1, -0.05) is 152 Å². The van der Waals surface area contributed by atoms with E-state index in [-0.39, 0.29) is 0 Å². The molecule has 9 aromatic carbocycles. The third kappa shape index (κ3) is 5.66. The molecule has 0 aliphatic carbocycles. The van der Waals surface area contributed by atoms with Crippen LogP contribution in [0.15, 0.2) is 206 Å². The molecule has 0 amide bonds. The summed E-state index contributed by atoms with van der Waals surface area (Å²) in [5, 5.41) is 5.03. The molecule has 0 fully saturated rings. The minimum atomic E-state index is 1.12.